The zero-order valence-corrected chi connectivity index (χ0v) is 19.9. The minimum absolute atomic E-state index is 0.520. The first-order valence-electron chi connectivity index (χ1n) is 11.7. The van der Waals surface area contributed by atoms with Crippen molar-refractivity contribution >= 4 is 33.2 Å². The van der Waals surface area contributed by atoms with Crippen LogP contribution < -0.4 is 15.8 Å². The fourth-order valence-electron chi connectivity index (χ4n) is 4.21. The van der Waals surface area contributed by atoms with Gasteiger partial charge in [0.25, 0.3) is 0 Å². The molecule has 2 aromatic heterocycles. The first kappa shape index (κ1) is 22.4. The monoisotopic (exact) mass is 471 g/mol. The summed E-state index contributed by atoms with van der Waals surface area (Å²) in [5.74, 6) is 1.81. The van der Waals surface area contributed by atoms with E-state index >= 15 is 0 Å². The lowest BCUT2D eigenvalue weighted by Crippen LogP contribution is -2.29. The highest BCUT2D eigenvalue weighted by Crippen LogP contribution is 2.33. The number of nitrogens with one attached hydrogen (secondary N) is 1. The van der Waals surface area contributed by atoms with Gasteiger partial charge in [0.1, 0.15) is 10.4 Å². The molecule has 3 heterocycles. The summed E-state index contributed by atoms with van der Waals surface area (Å²) in [6.45, 7) is 3.41. The molecule has 6 nitrogen and oxygen atoms in total. The van der Waals surface area contributed by atoms with E-state index in [1.807, 2.05) is 35.7 Å². The molecule has 34 heavy (non-hydrogen) atoms. The molecule has 2 aromatic carbocycles. The van der Waals surface area contributed by atoms with Gasteiger partial charge in [0.2, 0.25) is 11.8 Å². The molecule has 0 spiro atoms. The van der Waals surface area contributed by atoms with Gasteiger partial charge in [0, 0.05) is 12.2 Å². The standard InChI is InChI=1S/C27H29N5OS/c28-14-5-7-20-6-4-8-23(18-20)33-26-25-24(13-17-34-25)30-27(31-26)29-22-11-9-21(10-12-22)19-32-15-2-1-3-16-32/h4-6,8-14,17-18H,1-3,7,15-16,19,28H2,(H,29,30,31). The molecule has 0 saturated carbocycles. The molecule has 0 amide bonds. The third kappa shape index (κ3) is 5.55. The van der Waals surface area contributed by atoms with E-state index in [9.17, 15) is 0 Å². The Labute approximate surface area is 204 Å². The van der Waals surface area contributed by atoms with E-state index in [-0.39, 0.29) is 0 Å². The third-order valence-corrected chi connectivity index (χ3v) is 6.83. The summed E-state index contributed by atoms with van der Waals surface area (Å²) in [5, 5.41) is 5.36. The van der Waals surface area contributed by atoms with Gasteiger partial charge in [-0.25, -0.2) is 4.98 Å². The number of rotatable bonds is 8. The first-order chi connectivity index (χ1) is 16.8. The van der Waals surface area contributed by atoms with Crippen LogP contribution in [0.5, 0.6) is 11.6 Å². The molecule has 0 unspecified atom stereocenters. The lowest BCUT2D eigenvalue weighted by molar-refractivity contribution is 0.221. The number of nitrogens with zero attached hydrogens (tertiary/aromatic N) is 3. The van der Waals surface area contributed by atoms with Gasteiger partial charge in [-0.05, 0) is 85.4 Å². The van der Waals surface area contributed by atoms with Crippen molar-refractivity contribution in [2.24, 2.45) is 5.73 Å². The van der Waals surface area contributed by atoms with Gasteiger partial charge in [-0.15, -0.1) is 11.3 Å². The maximum atomic E-state index is 6.21. The van der Waals surface area contributed by atoms with E-state index in [4.69, 9.17) is 15.5 Å². The second-order valence-electron chi connectivity index (χ2n) is 8.53. The van der Waals surface area contributed by atoms with E-state index in [1.54, 1.807) is 17.5 Å². The second kappa shape index (κ2) is 10.7. The van der Waals surface area contributed by atoms with E-state index in [0.717, 1.165) is 40.2 Å². The Bertz CT molecular complexity index is 1260. The van der Waals surface area contributed by atoms with Crippen molar-refractivity contribution in [3.63, 3.8) is 0 Å². The summed E-state index contributed by atoms with van der Waals surface area (Å²) < 4.78 is 7.14. The number of anilines is 2. The zero-order valence-electron chi connectivity index (χ0n) is 19.1. The Morgan fingerprint density at radius 3 is 2.68 bits per heavy atom. The van der Waals surface area contributed by atoms with Gasteiger partial charge in [-0.2, -0.15) is 4.98 Å². The Kier molecular flexibility index (Phi) is 7.02. The summed E-state index contributed by atoms with van der Waals surface area (Å²) in [6.07, 6.45) is 8.21. The SMILES string of the molecule is NC=CCc1cccc(Oc2nc(Nc3ccc(CN4CCCCC4)cc3)nc3ccsc23)c1. The number of hydrogen-bond donors (Lipinski definition) is 2. The van der Waals surface area contributed by atoms with Crippen LogP contribution in [0.15, 0.2) is 72.3 Å². The van der Waals surface area contributed by atoms with E-state index < -0.39 is 0 Å². The second-order valence-corrected chi connectivity index (χ2v) is 9.44. The molecule has 5 rings (SSSR count). The zero-order chi connectivity index (χ0) is 23.2. The molecule has 4 aromatic rings. The topological polar surface area (TPSA) is 76.3 Å². The maximum Gasteiger partial charge on any atom is 0.242 e. The van der Waals surface area contributed by atoms with E-state index in [0.29, 0.717) is 11.8 Å². The molecule has 1 aliphatic heterocycles. The molecule has 7 heteroatoms. The molecule has 1 aliphatic rings. The number of nitrogens with two attached hydrogens (primary N) is 1. The predicted octanol–water partition coefficient (Wildman–Crippen LogP) is 6.23. The van der Waals surface area contributed by atoms with Crippen molar-refractivity contribution in [1.82, 2.24) is 14.9 Å². The average Bonchev–Trinajstić information content (AvgIpc) is 3.34. The van der Waals surface area contributed by atoms with Crippen LogP contribution in [-0.2, 0) is 13.0 Å². The van der Waals surface area contributed by atoms with Crippen LogP contribution in [0.2, 0.25) is 0 Å². The van der Waals surface area contributed by atoms with E-state index in [1.165, 1.54) is 37.9 Å². The van der Waals surface area contributed by atoms with Crippen molar-refractivity contribution in [3.05, 3.63) is 83.4 Å². The van der Waals surface area contributed by atoms with Gasteiger partial charge >= 0.3 is 0 Å². The van der Waals surface area contributed by atoms with Crippen LogP contribution in [0.25, 0.3) is 10.2 Å². The fraction of sp³-hybridized carbons (Fsp3) is 0.259. The Hall–Kier alpha value is -3.42. The van der Waals surface area contributed by atoms with Crippen molar-refractivity contribution in [3.8, 4) is 11.6 Å². The number of fused-ring (bicyclic) bond motifs is 1. The van der Waals surface area contributed by atoms with Gasteiger partial charge in [-0.3, -0.25) is 4.90 Å². The molecule has 174 valence electrons. The third-order valence-electron chi connectivity index (χ3n) is 5.94. The highest BCUT2D eigenvalue weighted by molar-refractivity contribution is 7.17. The van der Waals surface area contributed by atoms with E-state index in [2.05, 4.69) is 45.5 Å². The molecule has 0 bridgehead atoms. The summed E-state index contributed by atoms with van der Waals surface area (Å²) in [4.78, 5) is 11.9. The van der Waals surface area contributed by atoms with Gasteiger partial charge < -0.3 is 15.8 Å². The van der Waals surface area contributed by atoms with Crippen LogP contribution in [-0.4, -0.2) is 28.0 Å². The first-order valence-corrected chi connectivity index (χ1v) is 12.6. The van der Waals surface area contributed by atoms with Crippen molar-refractivity contribution in [2.75, 3.05) is 18.4 Å². The molecule has 1 saturated heterocycles. The minimum Gasteiger partial charge on any atom is -0.437 e. The highest BCUT2D eigenvalue weighted by Gasteiger charge is 2.13. The molecule has 0 atom stereocenters. The number of benzene rings is 2. The van der Waals surface area contributed by atoms with Gasteiger partial charge in [-0.1, -0.05) is 36.8 Å². The molecule has 0 radical (unpaired) electrons. The number of thiophene rings is 1. The van der Waals surface area contributed by atoms with Crippen molar-refractivity contribution in [2.45, 2.75) is 32.2 Å². The van der Waals surface area contributed by atoms with Crippen molar-refractivity contribution < 1.29 is 4.74 Å². The smallest absolute Gasteiger partial charge is 0.242 e. The van der Waals surface area contributed by atoms with Gasteiger partial charge in [0.15, 0.2) is 0 Å². The Morgan fingerprint density at radius 2 is 1.85 bits per heavy atom. The number of aromatic nitrogens is 2. The lowest BCUT2D eigenvalue weighted by Gasteiger charge is -2.26. The maximum absolute atomic E-state index is 6.21. The van der Waals surface area contributed by atoms with Crippen LogP contribution in [0.4, 0.5) is 11.6 Å². The number of ether oxygens (including phenoxy) is 1. The van der Waals surface area contributed by atoms with Crippen molar-refractivity contribution in [1.29, 1.82) is 0 Å². The minimum atomic E-state index is 0.520. The molecule has 3 N–H and O–H groups in total. The molecular weight excluding hydrogens is 442 g/mol. The van der Waals surface area contributed by atoms with Gasteiger partial charge in [0.05, 0.1) is 5.52 Å². The lowest BCUT2D eigenvalue weighted by atomic mass is 10.1. The summed E-state index contributed by atoms with van der Waals surface area (Å²) in [5.41, 5.74) is 9.75. The number of hydrogen-bond acceptors (Lipinski definition) is 7. The van der Waals surface area contributed by atoms with Crippen LogP contribution in [0, 0.1) is 0 Å². The fourth-order valence-corrected chi connectivity index (χ4v) is 4.97. The summed E-state index contributed by atoms with van der Waals surface area (Å²) in [7, 11) is 0. The summed E-state index contributed by atoms with van der Waals surface area (Å²) >= 11 is 1.57. The normalized spacial score (nSPS) is 14.6. The molecule has 0 aliphatic carbocycles. The summed E-state index contributed by atoms with van der Waals surface area (Å²) in [6, 6.07) is 18.5. The van der Waals surface area contributed by atoms with Crippen LogP contribution in [0.3, 0.4) is 0 Å². The molecular formula is C27H29N5OS. The van der Waals surface area contributed by atoms with Crippen LogP contribution >= 0.6 is 11.3 Å². The number of likely N-dealkylation sites (tertiary alicyclic amines) is 1. The quantitative estimate of drug-likeness (QED) is 0.317. The predicted molar refractivity (Wildman–Crippen MR) is 140 cm³/mol. The molecule has 1 fully saturated rings. The average molecular weight is 472 g/mol. The Morgan fingerprint density at radius 1 is 1.00 bits per heavy atom. The largest absolute Gasteiger partial charge is 0.437 e. The number of allylic oxidation sites excluding steroid dienone is 1. The highest BCUT2D eigenvalue weighted by atomic mass is 32.1. The number of piperidine rings is 1. The van der Waals surface area contributed by atoms with Crippen LogP contribution in [0.1, 0.15) is 30.4 Å². The Balaban J connectivity index is 1.32.